The van der Waals surface area contributed by atoms with Gasteiger partial charge in [-0.05, 0) is 34.4 Å². The molecule has 0 heterocycles. The van der Waals surface area contributed by atoms with E-state index in [0.717, 1.165) is 12.7 Å². The van der Waals surface area contributed by atoms with Crippen LogP contribution < -0.4 is 4.74 Å². The normalized spacial score (nSPS) is 10.7. The summed E-state index contributed by atoms with van der Waals surface area (Å²) in [6, 6.07) is 3.77. The minimum atomic E-state index is -1.70. The third-order valence-electron chi connectivity index (χ3n) is 4.56. The first-order valence-electron chi connectivity index (χ1n) is 10.5. The Labute approximate surface area is 193 Å². The highest BCUT2D eigenvalue weighted by atomic mass is 32.2. The molecule has 2 N–H and O–H groups in total. The maximum absolute atomic E-state index is 14.4. The molecule has 8 heteroatoms. The van der Waals surface area contributed by atoms with Crippen LogP contribution in [-0.4, -0.2) is 16.8 Å². The van der Waals surface area contributed by atoms with Crippen LogP contribution in [0.15, 0.2) is 17.0 Å². The fourth-order valence-electron chi connectivity index (χ4n) is 2.87. The molecule has 0 saturated carbocycles. The van der Waals surface area contributed by atoms with Gasteiger partial charge >= 0.3 is 0 Å². The molecule has 0 aliphatic heterocycles. The number of ether oxygens (including phenoxy) is 1. The van der Waals surface area contributed by atoms with Gasteiger partial charge in [0.15, 0.2) is 11.6 Å². The van der Waals surface area contributed by atoms with Gasteiger partial charge in [-0.1, -0.05) is 67.5 Å². The molecule has 0 aliphatic rings. The van der Waals surface area contributed by atoms with Crippen LogP contribution in [0.2, 0.25) is 0 Å². The maximum Gasteiger partial charge on any atom is 0.205 e. The van der Waals surface area contributed by atoms with Crippen LogP contribution in [0.1, 0.15) is 89.8 Å². The highest BCUT2D eigenvalue weighted by Crippen LogP contribution is 2.43. The van der Waals surface area contributed by atoms with Gasteiger partial charge in [0.05, 0.1) is 0 Å². The fourth-order valence-corrected chi connectivity index (χ4v) is 3.21. The van der Waals surface area contributed by atoms with Crippen molar-refractivity contribution in [2.45, 2.75) is 78.0 Å². The van der Waals surface area contributed by atoms with Crippen molar-refractivity contribution in [2.75, 3.05) is 7.11 Å². The molecule has 0 aliphatic carbocycles. The molecule has 0 amide bonds. The number of hydrogen-bond acceptors (Lipinski definition) is 4. The number of hydrogen-bond donors (Lipinski definition) is 2. The van der Waals surface area contributed by atoms with Gasteiger partial charge in [0.2, 0.25) is 17.4 Å². The van der Waals surface area contributed by atoms with E-state index in [0.29, 0.717) is 11.1 Å². The van der Waals surface area contributed by atoms with Crippen molar-refractivity contribution in [1.29, 1.82) is 0 Å². The molecule has 0 fully saturated rings. The Morgan fingerprint density at radius 1 is 0.688 bits per heavy atom. The predicted molar refractivity (Wildman–Crippen MR) is 123 cm³/mol. The lowest BCUT2D eigenvalue weighted by Gasteiger charge is -2.23. The van der Waals surface area contributed by atoms with E-state index in [-0.39, 0.29) is 23.5 Å². The van der Waals surface area contributed by atoms with Gasteiger partial charge in [0.25, 0.3) is 0 Å². The van der Waals surface area contributed by atoms with Crippen molar-refractivity contribution in [1.82, 2.24) is 0 Å². The van der Waals surface area contributed by atoms with Crippen LogP contribution in [0.4, 0.5) is 17.6 Å². The Morgan fingerprint density at radius 2 is 1.06 bits per heavy atom. The van der Waals surface area contributed by atoms with Crippen LogP contribution in [0, 0.1) is 23.3 Å². The molecule has 182 valence electrons. The van der Waals surface area contributed by atoms with Crippen LogP contribution in [0.25, 0.3) is 0 Å². The molecule has 0 saturated heterocycles. The Bertz CT molecular complexity index is 826. The van der Waals surface area contributed by atoms with Crippen molar-refractivity contribution in [3.63, 3.8) is 0 Å². The number of benzene rings is 2. The zero-order valence-corrected chi connectivity index (χ0v) is 20.9. The van der Waals surface area contributed by atoms with Crippen LogP contribution in [0.5, 0.6) is 11.5 Å². The summed E-state index contributed by atoms with van der Waals surface area (Å²) in [6.45, 7) is 15.6. The molecule has 0 radical (unpaired) electrons. The van der Waals surface area contributed by atoms with Crippen molar-refractivity contribution >= 4 is 12.0 Å². The first-order valence-corrected chi connectivity index (χ1v) is 11.3. The summed E-state index contributed by atoms with van der Waals surface area (Å²) in [5.74, 6) is -7.63. The zero-order chi connectivity index (χ0) is 25.3. The van der Waals surface area contributed by atoms with Gasteiger partial charge in [-0.2, -0.15) is 8.78 Å². The van der Waals surface area contributed by atoms with E-state index < -0.39 is 46.0 Å². The predicted octanol–water partition coefficient (Wildman–Crippen LogP) is 8.61. The Morgan fingerprint density at radius 3 is 1.34 bits per heavy atom. The SMILES string of the molecule is CC.CC(C)c1cc(C(C)C)c(Oc2c(F)c(F)c(SO)c(F)c2F)c(C(C)C)c1.CO. The zero-order valence-electron chi connectivity index (χ0n) is 20.1. The number of aliphatic hydroxyl groups is 1. The Kier molecular flexibility index (Phi) is 12.9. The summed E-state index contributed by atoms with van der Waals surface area (Å²) < 4.78 is 71.3. The van der Waals surface area contributed by atoms with E-state index in [2.05, 4.69) is 0 Å². The molecule has 0 aromatic heterocycles. The van der Waals surface area contributed by atoms with E-state index in [1.165, 1.54) is 0 Å². The molecular formula is C24H34F4O3S. The monoisotopic (exact) mass is 478 g/mol. The molecular weight excluding hydrogens is 444 g/mol. The third-order valence-corrected chi connectivity index (χ3v) is 5.10. The second-order valence-corrected chi connectivity index (χ2v) is 8.19. The van der Waals surface area contributed by atoms with Crippen molar-refractivity contribution < 1.29 is 32.0 Å². The first kappa shape index (κ1) is 30.2. The van der Waals surface area contributed by atoms with E-state index in [1.807, 2.05) is 67.5 Å². The highest BCUT2D eigenvalue weighted by molar-refractivity contribution is 7.93. The molecule has 0 bridgehead atoms. The van der Waals surface area contributed by atoms with Gasteiger partial charge in [-0.3, -0.25) is 0 Å². The summed E-state index contributed by atoms with van der Waals surface area (Å²) in [5, 5.41) is 7.00. The molecule has 2 aromatic carbocycles. The smallest absolute Gasteiger partial charge is 0.205 e. The van der Waals surface area contributed by atoms with Gasteiger partial charge < -0.3 is 14.4 Å². The largest absolute Gasteiger partial charge is 0.450 e. The Balaban J connectivity index is 0.00000227. The second-order valence-electron chi connectivity index (χ2n) is 7.60. The van der Waals surface area contributed by atoms with Gasteiger partial charge in [0, 0.05) is 19.2 Å². The average molecular weight is 479 g/mol. The molecule has 2 rings (SSSR count). The number of rotatable bonds is 6. The second kappa shape index (κ2) is 13.7. The quantitative estimate of drug-likeness (QED) is 0.248. The molecule has 32 heavy (non-hydrogen) atoms. The lowest BCUT2D eigenvalue weighted by atomic mass is 9.88. The summed E-state index contributed by atoms with van der Waals surface area (Å²) in [5.41, 5.74) is 2.41. The van der Waals surface area contributed by atoms with Gasteiger partial charge in [0.1, 0.15) is 10.6 Å². The van der Waals surface area contributed by atoms with Gasteiger partial charge in [-0.25, -0.2) is 8.78 Å². The number of aliphatic hydroxyl groups excluding tert-OH is 1. The fraction of sp³-hybridized carbons (Fsp3) is 0.500. The van der Waals surface area contributed by atoms with Crippen molar-refractivity contribution in [3.8, 4) is 11.5 Å². The maximum atomic E-state index is 14.4. The summed E-state index contributed by atoms with van der Waals surface area (Å²) in [6.07, 6.45) is 0. The lowest BCUT2D eigenvalue weighted by Crippen LogP contribution is -2.07. The molecule has 0 unspecified atom stereocenters. The third kappa shape index (κ3) is 6.62. The van der Waals surface area contributed by atoms with E-state index in [4.69, 9.17) is 14.4 Å². The van der Waals surface area contributed by atoms with Gasteiger partial charge in [-0.15, -0.1) is 0 Å². The lowest BCUT2D eigenvalue weighted by molar-refractivity contribution is 0.347. The molecule has 0 atom stereocenters. The molecule has 0 spiro atoms. The minimum absolute atomic E-state index is 0.0562. The topological polar surface area (TPSA) is 49.7 Å². The molecule has 2 aromatic rings. The van der Waals surface area contributed by atoms with E-state index in [1.54, 1.807) is 0 Å². The van der Waals surface area contributed by atoms with E-state index in [9.17, 15) is 17.6 Å². The van der Waals surface area contributed by atoms with E-state index >= 15 is 0 Å². The molecule has 3 nitrogen and oxygen atoms in total. The number of halogens is 4. The summed E-state index contributed by atoms with van der Waals surface area (Å²) >= 11 is -0.399. The van der Waals surface area contributed by atoms with Crippen LogP contribution >= 0.6 is 12.0 Å². The first-order chi connectivity index (χ1) is 15.0. The van der Waals surface area contributed by atoms with Crippen molar-refractivity contribution in [2.24, 2.45) is 0 Å². The standard InChI is InChI=1S/C21H24F4O2S.C2H6.CH4O/c1-9(2)12-7-13(10(3)4)19(14(8-12)11(5)6)27-20-15(22)17(24)21(28-26)18(25)16(20)23;2*1-2/h7-11,26H,1-6H3;1-2H3;2H,1H3. The highest BCUT2D eigenvalue weighted by Gasteiger charge is 2.29. The van der Waals surface area contributed by atoms with Crippen LogP contribution in [-0.2, 0) is 0 Å². The van der Waals surface area contributed by atoms with Crippen molar-refractivity contribution in [3.05, 3.63) is 52.1 Å². The summed E-state index contributed by atoms with van der Waals surface area (Å²) in [4.78, 5) is -1.15. The minimum Gasteiger partial charge on any atom is -0.450 e. The van der Waals surface area contributed by atoms with Crippen LogP contribution in [0.3, 0.4) is 0 Å². The summed E-state index contributed by atoms with van der Waals surface area (Å²) in [7, 11) is 1.00. The average Bonchev–Trinajstić information content (AvgIpc) is 2.77. The Hall–Kier alpha value is -1.77.